The van der Waals surface area contributed by atoms with Crippen molar-refractivity contribution in [3.63, 3.8) is 0 Å². The predicted octanol–water partition coefficient (Wildman–Crippen LogP) is 2.71. The largest absolute Gasteiger partial charge is 0.466 e. The number of hydrogen-bond acceptors (Lipinski definition) is 5. The van der Waals surface area contributed by atoms with Crippen LogP contribution >= 0.6 is 0 Å². The third-order valence-electron chi connectivity index (χ3n) is 4.33. The average molecular weight is 364 g/mol. The predicted molar refractivity (Wildman–Crippen MR) is 101 cm³/mol. The molecule has 26 heavy (non-hydrogen) atoms. The summed E-state index contributed by atoms with van der Waals surface area (Å²) in [4.78, 5) is 23.2. The number of aliphatic imine (C=N–C) groups is 1. The Labute approximate surface area is 156 Å². The number of aromatic nitrogens is 1. The van der Waals surface area contributed by atoms with E-state index < -0.39 is 0 Å². The molecule has 0 bridgehead atoms. The topological polar surface area (TPSA) is 80.0 Å². The van der Waals surface area contributed by atoms with Crippen LogP contribution in [0.3, 0.4) is 0 Å². The van der Waals surface area contributed by atoms with Crippen LogP contribution in [0.1, 0.15) is 59.1 Å². The summed E-state index contributed by atoms with van der Waals surface area (Å²) in [6, 6.07) is 0. The van der Waals surface area contributed by atoms with Crippen molar-refractivity contribution in [2.45, 2.75) is 59.4 Å². The highest BCUT2D eigenvalue weighted by Gasteiger charge is 2.28. The molecule has 0 aromatic carbocycles. The number of nitrogens with zero attached hydrogens (tertiary/aromatic N) is 3. The zero-order chi connectivity index (χ0) is 19.2. The minimum Gasteiger partial charge on any atom is -0.466 e. The molecule has 0 amide bonds. The number of guanidine groups is 1. The first kappa shape index (κ1) is 20.3. The molecule has 0 aliphatic carbocycles. The minimum atomic E-state index is -0.115. The van der Waals surface area contributed by atoms with E-state index >= 15 is 0 Å². The summed E-state index contributed by atoms with van der Waals surface area (Å²) in [5.74, 6) is 2.03. The van der Waals surface area contributed by atoms with Crippen molar-refractivity contribution in [2.24, 2.45) is 10.9 Å². The highest BCUT2D eigenvalue weighted by atomic mass is 16.5. The third kappa shape index (κ3) is 5.47. The number of esters is 1. The number of likely N-dealkylation sites (tertiary alicyclic amines) is 1. The van der Waals surface area contributed by atoms with Gasteiger partial charge in [0.05, 0.1) is 18.7 Å². The number of oxazole rings is 1. The van der Waals surface area contributed by atoms with Crippen LogP contribution in [-0.4, -0.2) is 48.1 Å². The number of carbonyl (C=O) groups excluding carboxylic acids is 1. The molecule has 1 atom stereocenters. The lowest BCUT2D eigenvalue weighted by Crippen LogP contribution is -2.48. The molecular weight excluding hydrogens is 332 g/mol. The van der Waals surface area contributed by atoms with Gasteiger partial charge in [-0.25, -0.2) is 9.98 Å². The Morgan fingerprint density at radius 1 is 1.46 bits per heavy atom. The third-order valence-corrected chi connectivity index (χ3v) is 4.33. The van der Waals surface area contributed by atoms with Crippen LogP contribution in [-0.2, 0) is 21.5 Å². The van der Waals surface area contributed by atoms with Crippen molar-refractivity contribution in [2.75, 3.05) is 26.2 Å². The van der Waals surface area contributed by atoms with Gasteiger partial charge in [-0.05, 0) is 26.7 Å². The summed E-state index contributed by atoms with van der Waals surface area (Å²) >= 11 is 0. The molecule has 7 heteroatoms. The minimum absolute atomic E-state index is 0.0702. The van der Waals surface area contributed by atoms with Crippen LogP contribution < -0.4 is 5.32 Å². The molecular formula is C19H32N4O3. The molecule has 0 spiro atoms. The summed E-state index contributed by atoms with van der Waals surface area (Å²) in [5, 5.41) is 3.31. The van der Waals surface area contributed by atoms with Crippen molar-refractivity contribution in [3.8, 4) is 0 Å². The number of hydrogen-bond donors (Lipinski definition) is 1. The molecule has 7 nitrogen and oxygen atoms in total. The lowest BCUT2D eigenvalue weighted by atomic mass is 9.94. The van der Waals surface area contributed by atoms with Gasteiger partial charge in [0.15, 0.2) is 5.96 Å². The van der Waals surface area contributed by atoms with E-state index in [1.165, 1.54) is 0 Å². The van der Waals surface area contributed by atoms with Gasteiger partial charge in [0.2, 0.25) is 5.89 Å². The molecule has 2 heterocycles. The molecule has 1 saturated heterocycles. The molecule has 0 radical (unpaired) electrons. The molecule has 2 rings (SSSR count). The summed E-state index contributed by atoms with van der Waals surface area (Å²) in [6.07, 6.45) is 3.58. The van der Waals surface area contributed by atoms with E-state index in [-0.39, 0.29) is 17.3 Å². The van der Waals surface area contributed by atoms with E-state index in [1.54, 1.807) is 6.20 Å². The monoisotopic (exact) mass is 364 g/mol. The first-order valence-corrected chi connectivity index (χ1v) is 9.50. The van der Waals surface area contributed by atoms with Gasteiger partial charge in [-0.15, -0.1) is 0 Å². The second-order valence-electron chi connectivity index (χ2n) is 7.58. The molecule has 1 N–H and O–H groups in total. The fraction of sp³-hybridized carbons (Fsp3) is 0.737. The van der Waals surface area contributed by atoms with Gasteiger partial charge in [0, 0.05) is 25.0 Å². The van der Waals surface area contributed by atoms with Gasteiger partial charge in [-0.2, -0.15) is 0 Å². The normalized spacial score (nSPS) is 18.7. The Morgan fingerprint density at radius 2 is 2.23 bits per heavy atom. The van der Waals surface area contributed by atoms with Crippen LogP contribution in [0.25, 0.3) is 0 Å². The van der Waals surface area contributed by atoms with E-state index in [4.69, 9.17) is 9.15 Å². The molecule has 1 aliphatic rings. The first-order valence-electron chi connectivity index (χ1n) is 9.50. The summed E-state index contributed by atoms with van der Waals surface area (Å²) in [6.45, 7) is 13.2. The van der Waals surface area contributed by atoms with Gasteiger partial charge >= 0.3 is 5.97 Å². The molecule has 0 saturated carbocycles. The molecule has 146 valence electrons. The maximum Gasteiger partial charge on any atom is 0.310 e. The highest BCUT2D eigenvalue weighted by Crippen LogP contribution is 2.23. The van der Waals surface area contributed by atoms with Gasteiger partial charge in [0.1, 0.15) is 12.3 Å². The zero-order valence-electron chi connectivity index (χ0n) is 16.7. The lowest BCUT2D eigenvalue weighted by molar-refractivity contribution is -0.149. The van der Waals surface area contributed by atoms with Crippen molar-refractivity contribution < 1.29 is 13.9 Å². The van der Waals surface area contributed by atoms with E-state index in [2.05, 4.69) is 41.0 Å². The summed E-state index contributed by atoms with van der Waals surface area (Å²) in [7, 11) is 0. The van der Waals surface area contributed by atoms with Crippen molar-refractivity contribution >= 4 is 11.9 Å². The van der Waals surface area contributed by atoms with E-state index in [0.29, 0.717) is 25.6 Å². The first-order chi connectivity index (χ1) is 12.3. The standard InChI is InChI=1S/C19H32N4O3/c1-6-20-18(22-12-16-21-11-15(26-16)19(3,4)5)23-10-8-9-14(13-23)17(24)25-7-2/h11,14H,6-10,12-13H2,1-5H3,(H,20,22). The number of carbonyl (C=O) groups is 1. The number of rotatable bonds is 5. The summed E-state index contributed by atoms with van der Waals surface area (Å²) in [5.41, 5.74) is -0.0702. The van der Waals surface area contributed by atoms with Crippen LogP contribution in [0.2, 0.25) is 0 Å². The lowest BCUT2D eigenvalue weighted by Gasteiger charge is -2.33. The molecule has 1 aromatic rings. The maximum atomic E-state index is 12.1. The SMILES string of the molecule is CCNC(=NCc1ncc(C(C)(C)C)o1)N1CCCC(C(=O)OCC)C1. The van der Waals surface area contributed by atoms with Crippen molar-refractivity contribution in [1.82, 2.24) is 15.2 Å². The van der Waals surface area contributed by atoms with Gasteiger partial charge in [0.25, 0.3) is 0 Å². The quantitative estimate of drug-likeness (QED) is 0.492. The molecule has 1 aliphatic heterocycles. The second-order valence-corrected chi connectivity index (χ2v) is 7.58. The van der Waals surface area contributed by atoms with Gasteiger partial charge < -0.3 is 19.4 Å². The number of nitrogens with one attached hydrogen (secondary N) is 1. The van der Waals surface area contributed by atoms with E-state index in [1.807, 2.05) is 13.8 Å². The van der Waals surface area contributed by atoms with Crippen LogP contribution in [0.4, 0.5) is 0 Å². The Kier molecular flexibility index (Phi) is 7.06. The van der Waals surface area contributed by atoms with E-state index in [9.17, 15) is 4.79 Å². The number of ether oxygens (including phenoxy) is 1. The molecule has 1 aromatic heterocycles. The van der Waals surface area contributed by atoms with Crippen molar-refractivity contribution in [3.05, 3.63) is 17.8 Å². The van der Waals surface area contributed by atoms with Crippen molar-refractivity contribution in [1.29, 1.82) is 0 Å². The smallest absolute Gasteiger partial charge is 0.310 e. The Bertz CT molecular complexity index is 619. The van der Waals surface area contributed by atoms with Gasteiger partial charge in [-0.1, -0.05) is 20.8 Å². The Hall–Kier alpha value is -2.05. The van der Waals surface area contributed by atoms with Gasteiger partial charge in [-0.3, -0.25) is 4.79 Å². The number of piperidine rings is 1. The molecule has 1 fully saturated rings. The Morgan fingerprint density at radius 3 is 2.85 bits per heavy atom. The van der Waals surface area contributed by atoms with E-state index in [0.717, 1.165) is 37.7 Å². The molecule has 1 unspecified atom stereocenters. The zero-order valence-corrected chi connectivity index (χ0v) is 16.7. The van der Waals surface area contributed by atoms with Crippen LogP contribution in [0.15, 0.2) is 15.6 Å². The fourth-order valence-corrected chi connectivity index (χ4v) is 2.92. The second kappa shape index (κ2) is 9.05. The fourth-order valence-electron chi connectivity index (χ4n) is 2.92. The summed E-state index contributed by atoms with van der Waals surface area (Å²) < 4.78 is 11.0. The Balaban J connectivity index is 2.05. The van der Waals surface area contributed by atoms with Crippen LogP contribution in [0.5, 0.6) is 0 Å². The highest BCUT2D eigenvalue weighted by molar-refractivity contribution is 5.81. The maximum absolute atomic E-state index is 12.1. The van der Waals surface area contributed by atoms with Crippen LogP contribution in [0, 0.1) is 5.92 Å². The average Bonchev–Trinajstić information content (AvgIpc) is 3.08.